The molecule has 3 aromatic heterocycles. The van der Waals surface area contributed by atoms with Gasteiger partial charge in [0, 0.05) is 12.4 Å². The summed E-state index contributed by atoms with van der Waals surface area (Å²) >= 11 is 0. The van der Waals surface area contributed by atoms with Crippen molar-refractivity contribution in [3.63, 3.8) is 0 Å². The highest BCUT2D eigenvalue weighted by molar-refractivity contribution is 6.04. The molecule has 4 rings (SSSR count). The van der Waals surface area contributed by atoms with Gasteiger partial charge in [0.1, 0.15) is 6.33 Å². The van der Waals surface area contributed by atoms with E-state index >= 15 is 0 Å². The molecule has 0 radical (unpaired) electrons. The van der Waals surface area contributed by atoms with Crippen LogP contribution in [0.1, 0.15) is 16.1 Å². The molecule has 26 heavy (non-hydrogen) atoms. The van der Waals surface area contributed by atoms with Gasteiger partial charge in [-0.25, -0.2) is 19.6 Å². The maximum atomic E-state index is 12.6. The molecule has 0 saturated heterocycles. The summed E-state index contributed by atoms with van der Waals surface area (Å²) in [7, 11) is 0. The van der Waals surface area contributed by atoms with E-state index < -0.39 is 0 Å². The Labute approximate surface area is 149 Å². The smallest absolute Gasteiger partial charge is 0.259 e. The van der Waals surface area contributed by atoms with Crippen molar-refractivity contribution in [2.75, 3.05) is 5.32 Å². The van der Waals surface area contributed by atoms with Crippen molar-refractivity contribution in [2.45, 2.75) is 6.92 Å². The molecule has 0 aliphatic carbocycles. The fraction of sp³-hybridized carbons (Fsp3) is 0.0556. The summed E-state index contributed by atoms with van der Waals surface area (Å²) in [6, 6.07) is 9.66. The normalized spacial score (nSPS) is 10.7. The highest BCUT2D eigenvalue weighted by atomic mass is 16.1. The van der Waals surface area contributed by atoms with Crippen molar-refractivity contribution in [1.29, 1.82) is 0 Å². The largest absolute Gasteiger partial charge is 0.319 e. The molecule has 0 aliphatic heterocycles. The Hall–Kier alpha value is -3.81. The molecule has 0 unspecified atom stereocenters. The second kappa shape index (κ2) is 6.60. The van der Waals surface area contributed by atoms with E-state index in [-0.39, 0.29) is 5.91 Å². The second-order valence-electron chi connectivity index (χ2n) is 5.59. The first-order chi connectivity index (χ1) is 12.7. The van der Waals surface area contributed by atoms with Gasteiger partial charge in [-0.05, 0) is 19.1 Å². The molecule has 0 bridgehead atoms. The van der Waals surface area contributed by atoms with Gasteiger partial charge in [0.05, 0.1) is 41.2 Å². The number of amides is 1. The first-order valence-electron chi connectivity index (χ1n) is 7.94. The van der Waals surface area contributed by atoms with Gasteiger partial charge in [-0.1, -0.05) is 18.2 Å². The van der Waals surface area contributed by atoms with Crippen LogP contribution >= 0.6 is 0 Å². The minimum atomic E-state index is -0.260. The van der Waals surface area contributed by atoms with Crippen molar-refractivity contribution >= 4 is 11.6 Å². The van der Waals surface area contributed by atoms with Crippen molar-refractivity contribution < 1.29 is 4.79 Å². The SMILES string of the molecule is Cc1c(C(=O)Nc2cnc(-n3ccnc3)nc2)cnn1-c1ccccc1. The summed E-state index contributed by atoms with van der Waals surface area (Å²) in [5.74, 6) is 0.220. The maximum absolute atomic E-state index is 12.6. The van der Waals surface area contributed by atoms with E-state index in [9.17, 15) is 4.79 Å². The number of para-hydroxylation sites is 1. The Balaban J connectivity index is 1.53. The number of nitrogens with one attached hydrogen (secondary N) is 1. The quantitative estimate of drug-likeness (QED) is 0.613. The molecule has 3 heterocycles. The molecule has 0 spiro atoms. The number of hydrogen-bond acceptors (Lipinski definition) is 5. The van der Waals surface area contributed by atoms with Crippen molar-refractivity contribution in [1.82, 2.24) is 29.3 Å². The van der Waals surface area contributed by atoms with Crippen LogP contribution in [0.5, 0.6) is 0 Å². The lowest BCUT2D eigenvalue weighted by Crippen LogP contribution is -2.14. The summed E-state index contributed by atoms with van der Waals surface area (Å²) < 4.78 is 3.41. The Morgan fingerprint density at radius 2 is 1.85 bits per heavy atom. The molecule has 128 valence electrons. The zero-order valence-corrected chi connectivity index (χ0v) is 13.9. The van der Waals surface area contributed by atoms with Crippen LogP contribution in [-0.2, 0) is 0 Å². The van der Waals surface area contributed by atoms with Gasteiger partial charge < -0.3 is 5.32 Å². The molecule has 1 aromatic carbocycles. The Morgan fingerprint density at radius 3 is 2.54 bits per heavy atom. The van der Waals surface area contributed by atoms with E-state index in [2.05, 4.69) is 25.4 Å². The molecule has 1 N–H and O–H groups in total. The van der Waals surface area contributed by atoms with Crippen LogP contribution in [0.4, 0.5) is 5.69 Å². The van der Waals surface area contributed by atoms with Gasteiger partial charge in [-0.3, -0.25) is 9.36 Å². The van der Waals surface area contributed by atoms with E-state index in [1.54, 1.807) is 46.6 Å². The van der Waals surface area contributed by atoms with Crippen LogP contribution in [0.2, 0.25) is 0 Å². The highest BCUT2D eigenvalue weighted by Crippen LogP contribution is 2.15. The van der Waals surface area contributed by atoms with Gasteiger partial charge in [0.25, 0.3) is 5.91 Å². The predicted octanol–water partition coefficient (Wildman–Crippen LogP) is 2.41. The number of hydrogen-bond donors (Lipinski definition) is 1. The topological polar surface area (TPSA) is 90.5 Å². The van der Waals surface area contributed by atoms with Crippen LogP contribution in [0.3, 0.4) is 0 Å². The van der Waals surface area contributed by atoms with Crippen molar-refractivity contribution in [3.05, 3.63) is 78.9 Å². The Morgan fingerprint density at radius 1 is 1.08 bits per heavy atom. The molecular formula is C18H15N7O. The van der Waals surface area contributed by atoms with Crippen LogP contribution in [0.15, 0.2) is 67.6 Å². The summed E-state index contributed by atoms with van der Waals surface area (Å²) in [4.78, 5) is 24.9. The standard InChI is InChI=1S/C18H15N7O/c1-13-16(11-22-25(13)15-5-3-2-4-6-15)17(26)23-14-9-20-18(21-10-14)24-8-7-19-12-24/h2-12H,1H3,(H,23,26). The lowest BCUT2D eigenvalue weighted by molar-refractivity contribution is 0.102. The number of imidazole rings is 1. The van der Waals surface area contributed by atoms with E-state index in [0.29, 0.717) is 17.2 Å². The molecule has 0 atom stereocenters. The molecule has 4 aromatic rings. The lowest BCUT2D eigenvalue weighted by atomic mass is 10.2. The number of rotatable bonds is 4. The minimum absolute atomic E-state index is 0.260. The van der Waals surface area contributed by atoms with Crippen molar-refractivity contribution in [3.8, 4) is 11.6 Å². The molecule has 0 saturated carbocycles. The van der Waals surface area contributed by atoms with Crippen LogP contribution in [-0.4, -0.2) is 35.2 Å². The van der Waals surface area contributed by atoms with Gasteiger partial charge >= 0.3 is 0 Å². The fourth-order valence-electron chi connectivity index (χ4n) is 2.56. The Bertz CT molecular complexity index is 1020. The number of nitrogens with zero attached hydrogens (tertiary/aromatic N) is 6. The molecule has 0 fully saturated rings. The number of carbonyl (C=O) groups is 1. The van der Waals surface area contributed by atoms with E-state index in [4.69, 9.17) is 0 Å². The van der Waals surface area contributed by atoms with Crippen LogP contribution in [0, 0.1) is 6.92 Å². The molecule has 8 nitrogen and oxygen atoms in total. The maximum Gasteiger partial charge on any atom is 0.259 e. The third kappa shape index (κ3) is 2.95. The number of carbonyl (C=O) groups excluding carboxylic acids is 1. The molecule has 0 aliphatic rings. The molecule has 1 amide bonds. The van der Waals surface area contributed by atoms with Gasteiger partial charge in [0.15, 0.2) is 0 Å². The van der Waals surface area contributed by atoms with Gasteiger partial charge in [-0.2, -0.15) is 5.10 Å². The van der Waals surface area contributed by atoms with E-state index in [1.807, 2.05) is 37.3 Å². The number of benzene rings is 1. The summed E-state index contributed by atoms with van der Waals surface area (Å²) in [6.07, 6.45) is 9.66. The number of aromatic nitrogens is 6. The van der Waals surface area contributed by atoms with Crippen LogP contribution in [0.25, 0.3) is 11.6 Å². The average molecular weight is 345 g/mol. The predicted molar refractivity (Wildman–Crippen MR) is 95.4 cm³/mol. The first-order valence-corrected chi connectivity index (χ1v) is 7.94. The van der Waals surface area contributed by atoms with E-state index in [1.165, 1.54) is 0 Å². The van der Waals surface area contributed by atoms with Crippen molar-refractivity contribution in [2.24, 2.45) is 0 Å². The zero-order valence-electron chi connectivity index (χ0n) is 13.9. The Kier molecular flexibility index (Phi) is 3.98. The lowest BCUT2D eigenvalue weighted by Gasteiger charge is -2.07. The third-order valence-electron chi connectivity index (χ3n) is 3.89. The zero-order chi connectivity index (χ0) is 17.9. The van der Waals surface area contributed by atoms with Gasteiger partial charge in [0.2, 0.25) is 5.95 Å². The molecule has 8 heteroatoms. The third-order valence-corrected chi connectivity index (χ3v) is 3.89. The van der Waals surface area contributed by atoms with Crippen LogP contribution < -0.4 is 5.32 Å². The molecular weight excluding hydrogens is 330 g/mol. The summed E-state index contributed by atoms with van der Waals surface area (Å²) in [5, 5.41) is 7.11. The second-order valence-corrected chi connectivity index (χ2v) is 5.59. The fourth-order valence-corrected chi connectivity index (χ4v) is 2.56. The minimum Gasteiger partial charge on any atom is -0.319 e. The average Bonchev–Trinajstić information content (AvgIpc) is 3.33. The van der Waals surface area contributed by atoms with E-state index in [0.717, 1.165) is 11.4 Å². The summed E-state index contributed by atoms with van der Waals surface area (Å²) in [5.41, 5.74) is 2.65. The highest BCUT2D eigenvalue weighted by Gasteiger charge is 2.15. The first kappa shape index (κ1) is 15.7. The number of anilines is 1. The van der Waals surface area contributed by atoms with Gasteiger partial charge in [-0.15, -0.1) is 0 Å². The monoisotopic (exact) mass is 345 g/mol. The summed E-state index contributed by atoms with van der Waals surface area (Å²) in [6.45, 7) is 1.85.